The average molecular weight is 296 g/mol. The first-order chi connectivity index (χ1) is 9.94. The number of anilines is 1. The van der Waals surface area contributed by atoms with Crippen LogP contribution in [-0.4, -0.2) is 30.4 Å². The predicted molar refractivity (Wildman–Crippen MR) is 79.0 cm³/mol. The molecule has 0 radical (unpaired) electrons. The highest BCUT2D eigenvalue weighted by molar-refractivity contribution is 5.90. The van der Waals surface area contributed by atoms with Crippen molar-refractivity contribution < 1.29 is 13.6 Å². The van der Waals surface area contributed by atoms with E-state index in [1.807, 2.05) is 0 Å². The maximum absolute atomic E-state index is 13.1. The molecule has 1 fully saturated rings. The number of hydrogen-bond acceptors (Lipinski definition) is 2. The Kier molecular flexibility index (Phi) is 5.28. The number of piperidine rings is 1. The minimum absolute atomic E-state index is 0.174. The lowest BCUT2D eigenvalue weighted by Crippen LogP contribution is -2.40. The van der Waals surface area contributed by atoms with Crippen LogP contribution in [-0.2, 0) is 4.79 Å². The fourth-order valence-corrected chi connectivity index (χ4v) is 3.03. The van der Waals surface area contributed by atoms with E-state index in [1.165, 1.54) is 12.5 Å². The lowest BCUT2D eigenvalue weighted by molar-refractivity contribution is -0.116. The first-order valence-corrected chi connectivity index (χ1v) is 7.41. The molecule has 0 saturated carbocycles. The molecule has 1 heterocycles. The van der Waals surface area contributed by atoms with E-state index in [1.54, 1.807) is 0 Å². The molecule has 2 atom stereocenters. The van der Waals surface area contributed by atoms with Gasteiger partial charge in [0.2, 0.25) is 5.91 Å². The molecule has 1 aliphatic rings. The molecular weight excluding hydrogens is 274 g/mol. The van der Waals surface area contributed by atoms with E-state index in [-0.39, 0.29) is 5.91 Å². The summed E-state index contributed by atoms with van der Waals surface area (Å²) in [5, 5.41) is 2.60. The van der Waals surface area contributed by atoms with Crippen LogP contribution in [0.2, 0.25) is 0 Å². The Morgan fingerprint density at radius 2 is 1.90 bits per heavy atom. The van der Waals surface area contributed by atoms with Gasteiger partial charge >= 0.3 is 0 Å². The molecule has 0 spiro atoms. The van der Waals surface area contributed by atoms with Gasteiger partial charge in [-0.25, -0.2) is 8.78 Å². The Bertz CT molecular complexity index is 497. The van der Waals surface area contributed by atoms with Gasteiger partial charge in [-0.15, -0.1) is 0 Å². The molecule has 1 aromatic rings. The van der Waals surface area contributed by atoms with Gasteiger partial charge in [0.15, 0.2) is 11.6 Å². The summed E-state index contributed by atoms with van der Waals surface area (Å²) in [7, 11) is 0. The number of carbonyl (C=O) groups is 1. The van der Waals surface area contributed by atoms with Gasteiger partial charge < -0.3 is 10.2 Å². The quantitative estimate of drug-likeness (QED) is 0.925. The van der Waals surface area contributed by atoms with Crippen LogP contribution in [0.15, 0.2) is 18.2 Å². The first-order valence-electron chi connectivity index (χ1n) is 7.41. The van der Waals surface area contributed by atoms with Crippen molar-refractivity contribution in [1.29, 1.82) is 0 Å². The number of rotatable bonds is 4. The molecular formula is C16H22F2N2O. The Hall–Kier alpha value is -1.49. The van der Waals surface area contributed by atoms with Crippen molar-refractivity contribution in [3.63, 3.8) is 0 Å². The van der Waals surface area contributed by atoms with Crippen LogP contribution in [0.1, 0.15) is 26.7 Å². The Morgan fingerprint density at radius 3 is 2.52 bits per heavy atom. The molecule has 116 valence electrons. The van der Waals surface area contributed by atoms with Crippen LogP contribution in [0.5, 0.6) is 0 Å². The third kappa shape index (κ3) is 4.77. The second-order valence-corrected chi connectivity index (χ2v) is 6.13. The van der Waals surface area contributed by atoms with Crippen LogP contribution in [0, 0.1) is 23.5 Å². The standard InChI is InChI=1S/C16H22F2N2O/c1-11-7-12(2)10-20(9-11)6-5-16(21)19-13-3-4-14(17)15(18)8-13/h3-4,8,11-12H,5-7,9-10H2,1-2H3,(H,19,21)/t11-,12-/m1/s1. The molecule has 1 aliphatic heterocycles. The van der Waals surface area contributed by atoms with Gasteiger partial charge in [0.25, 0.3) is 0 Å². The number of benzene rings is 1. The summed E-state index contributed by atoms with van der Waals surface area (Å²) in [5.41, 5.74) is 0.291. The van der Waals surface area contributed by atoms with Gasteiger partial charge in [-0.3, -0.25) is 4.79 Å². The van der Waals surface area contributed by atoms with Crippen LogP contribution in [0.3, 0.4) is 0 Å². The van der Waals surface area contributed by atoms with Crippen LogP contribution in [0.4, 0.5) is 14.5 Å². The molecule has 5 heteroatoms. The Morgan fingerprint density at radius 1 is 1.24 bits per heavy atom. The highest BCUT2D eigenvalue weighted by Gasteiger charge is 2.21. The minimum Gasteiger partial charge on any atom is -0.326 e. The van der Waals surface area contributed by atoms with Gasteiger partial charge in [0.05, 0.1) is 0 Å². The molecule has 0 aromatic heterocycles. The Balaban J connectivity index is 1.80. The smallest absolute Gasteiger partial charge is 0.225 e. The Labute approximate surface area is 124 Å². The summed E-state index contributed by atoms with van der Waals surface area (Å²) in [6, 6.07) is 3.37. The summed E-state index contributed by atoms with van der Waals surface area (Å²) in [5.74, 6) is -0.728. The van der Waals surface area contributed by atoms with Gasteiger partial charge in [-0.2, -0.15) is 0 Å². The summed E-state index contributed by atoms with van der Waals surface area (Å²) < 4.78 is 25.9. The normalized spacial score (nSPS) is 23.0. The molecule has 1 aromatic carbocycles. The number of carbonyl (C=O) groups excluding carboxylic acids is 1. The van der Waals surface area contributed by atoms with Gasteiger partial charge in [0, 0.05) is 37.8 Å². The van der Waals surface area contributed by atoms with Crippen molar-refractivity contribution in [3.8, 4) is 0 Å². The molecule has 1 amide bonds. The number of nitrogens with zero attached hydrogens (tertiary/aromatic N) is 1. The van der Waals surface area contributed by atoms with E-state index in [4.69, 9.17) is 0 Å². The maximum atomic E-state index is 13.1. The number of likely N-dealkylation sites (tertiary alicyclic amines) is 1. The summed E-state index contributed by atoms with van der Waals surface area (Å²) in [6.45, 7) is 7.18. The predicted octanol–water partition coefficient (Wildman–Crippen LogP) is 3.27. The second-order valence-electron chi connectivity index (χ2n) is 6.13. The number of nitrogens with one attached hydrogen (secondary N) is 1. The van der Waals surface area contributed by atoms with E-state index in [0.717, 1.165) is 25.2 Å². The summed E-state index contributed by atoms with van der Waals surface area (Å²) in [6.07, 6.45) is 1.59. The summed E-state index contributed by atoms with van der Waals surface area (Å²) >= 11 is 0. The highest BCUT2D eigenvalue weighted by atomic mass is 19.2. The number of amides is 1. The lowest BCUT2D eigenvalue weighted by Gasteiger charge is -2.34. The van der Waals surface area contributed by atoms with Crippen molar-refractivity contribution >= 4 is 11.6 Å². The van der Waals surface area contributed by atoms with Gasteiger partial charge in [-0.1, -0.05) is 13.8 Å². The van der Waals surface area contributed by atoms with Crippen LogP contribution < -0.4 is 5.32 Å². The fraction of sp³-hybridized carbons (Fsp3) is 0.562. The van der Waals surface area contributed by atoms with Crippen LogP contribution in [0.25, 0.3) is 0 Å². The number of halogens is 2. The number of hydrogen-bond donors (Lipinski definition) is 1. The van der Waals surface area contributed by atoms with E-state index < -0.39 is 11.6 Å². The molecule has 0 bridgehead atoms. The average Bonchev–Trinajstić information content (AvgIpc) is 2.40. The largest absolute Gasteiger partial charge is 0.326 e. The zero-order valence-corrected chi connectivity index (χ0v) is 12.5. The van der Waals surface area contributed by atoms with Crippen molar-refractivity contribution in [3.05, 3.63) is 29.8 Å². The van der Waals surface area contributed by atoms with E-state index in [0.29, 0.717) is 30.5 Å². The third-order valence-electron chi connectivity index (χ3n) is 3.80. The zero-order valence-electron chi connectivity index (χ0n) is 12.5. The van der Waals surface area contributed by atoms with Crippen molar-refractivity contribution in [2.45, 2.75) is 26.7 Å². The third-order valence-corrected chi connectivity index (χ3v) is 3.80. The molecule has 3 nitrogen and oxygen atoms in total. The molecule has 1 saturated heterocycles. The molecule has 1 N–H and O–H groups in total. The first kappa shape index (κ1) is 15.9. The fourth-order valence-electron chi connectivity index (χ4n) is 3.03. The molecule has 0 aliphatic carbocycles. The van der Waals surface area contributed by atoms with Crippen LogP contribution >= 0.6 is 0 Å². The second kappa shape index (κ2) is 6.98. The molecule has 2 rings (SSSR count). The zero-order chi connectivity index (χ0) is 15.4. The monoisotopic (exact) mass is 296 g/mol. The SMILES string of the molecule is C[C@@H]1C[C@@H](C)CN(CCC(=O)Nc2ccc(F)c(F)c2)C1. The van der Waals surface area contributed by atoms with E-state index >= 15 is 0 Å². The molecule has 0 unspecified atom stereocenters. The maximum Gasteiger partial charge on any atom is 0.225 e. The van der Waals surface area contributed by atoms with Crippen molar-refractivity contribution in [2.75, 3.05) is 25.0 Å². The van der Waals surface area contributed by atoms with Crippen molar-refractivity contribution in [1.82, 2.24) is 4.90 Å². The van der Waals surface area contributed by atoms with E-state index in [2.05, 4.69) is 24.1 Å². The minimum atomic E-state index is -0.952. The van der Waals surface area contributed by atoms with E-state index in [9.17, 15) is 13.6 Å². The highest BCUT2D eigenvalue weighted by Crippen LogP contribution is 2.21. The lowest BCUT2D eigenvalue weighted by atomic mass is 9.92. The van der Waals surface area contributed by atoms with Gasteiger partial charge in [-0.05, 0) is 30.4 Å². The van der Waals surface area contributed by atoms with Gasteiger partial charge in [0.1, 0.15) is 0 Å². The summed E-state index contributed by atoms with van der Waals surface area (Å²) in [4.78, 5) is 14.2. The van der Waals surface area contributed by atoms with Crippen molar-refractivity contribution in [2.24, 2.45) is 11.8 Å². The molecule has 21 heavy (non-hydrogen) atoms. The topological polar surface area (TPSA) is 32.3 Å².